The first-order valence-corrected chi connectivity index (χ1v) is 11.7. The molecule has 2 aromatic rings. The highest BCUT2D eigenvalue weighted by molar-refractivity contribution is 7.94. The van der Waals surface area contributed by atoms with Crippen LogP contribution in [-0.4, -0.2) is 44.2 Å². The molecule has 0 heterocycles. The molecule has 4 N–H and O–H groups in total. The topological polar surface area (TPSA) is 202 Å². The minimum Gasteiger partial charge on any atom is -0.282 e. The average Bonchev–Trinajstić information content (AvgIpc) is 2.57. The van der Waals surface area contributed by atoms with E-state index in [1.165, 1.54) is 0 Å². The summed E-state index contributed by atoms with van der Waals surface area (Å²) in [6, 6.07) is 4.96. The molecule has 0 fully saturated rings. The summed E-state index contributed by atoms with van der Waals surface area (Å²) in [5.74, 6) is 0. The second kappa shape index (κ2) is 8.03. The molecule has 2 rings (SSSR count). The van der Waals surface area contributed by atoms with Gasteiger partial charge in [-0.3, -0.25) is 13.7 Å². The Bertz CT molecular complexity index is 1220. The maximum absolute atomic E-state index is 11.7. The van der Waals surface area contributed by atoms with Gasteiger partial charge in [0, 0.05) is 10.5 Å². The summed E-state index contributed by atoms with van der Waals surface area (Å²) in [5.41, 5.74) is -0.440. The van der Waals surface area contributed by atoms with Gasteiger partial charge in [0.1, 0.15) is 4.90 Å². The van der Waals surface area contributed by atoms with Crippen molar-refractivity contribution in [2.24, 2.45) is 0 Å². The fourth-order valence-corrected chi connectivity index (χ4v) is 4.55. The van der Waals surface area contributed by atoms with Crippen LogP contribution < -0.4 is 0 Å². The zero-order valence-electron chi connectivity index (χ0n) is 13.2. The summed E-state index contributed by atoms with van der Waals surface area (Å²) < 4.78 is 100. The molecule has 16 heteroatoms. The summed E-state index contributed by atoms with van der Waals surface area (Å²) in [5, 5.41) is 11.7. The van der Waals surface area contributed by atoms with Crippen LogP contribution >= 0.6 is 12.0 Å². The Kier molecular flexibility index (Phi) is 6.50. The van der Waals surface area contributed by atoms with E-state index in [0.29, 0.717) is 6.07 Å². The number of rotatable bonds is 7. The molecule has 0 unspecified atom stereocenters. The van der Waals surface area contributed by atoms with Gasteiger partial charge in [-0.25, -0.2) is 5.26 Å². The van der Waals surface area contributed by atoms with Gasteiger partial charge in [0.15, 0.2) is 0 Å². The minimum atomic E-state index is -5.01. The van der Waals surface area contributed by atoms with Crippen LogP contribution in [0.1, 0.15) is 0 Å². The van der Waals surface area contributed by atoms with Crippen molar-refractivity contribution in [1.29, 1.82) is 0 Å². The standard InChI is InChI=1S/C12H10O12S4/c13-23-24-25-11-5-7(26(14,15)16)1-3-9(11)10-4-2-8(27(17,18)19)6-12(10)28(20,21)22/h1-6,13H,(H,14,15,16)(H,17,18,19)(H,20,21,22). The van der Waals surface area contributed by atoms with Crippen LogP contribution in [0.5, 0.6) is 0 Å². The average molecular weight is 474 g/mol. The smallest absolute Gasteiger partial charge is 0.282 e. The molecule has 0 amide bonds. The van der Waals surface area contributed by atoms with E-state index in [4.69, 9.17) is 14.4 Å². The van der Waals surface area contributed by atoms with Crippen LogP contribution in [0.2, 0.25) is 0 Å². The molecule has 0 aliphatic rings. The third-order valence-electron chi connectivity index (χ3n) is 3.22. The van der Waals surface area contributed by atoms with Crippen LogP contribution in [0, 0.1) is 0 Å². The fraction of sp³-hybridized carbons (Fsp3) is 0. The molecular formula is C12H10O12S4. The molecule has 0 radical (unpaired) electrons. The zero-order valence-corrected chi connectivity index (χ0v) is 16.4. The number of benzene rings is 2. The van der Waals surface area contributed by atoms with Gasteiger partial charge in [0.05, 0.1) is 21.8 Å². The molecule has 0 aliphatic heterocycles. The Hall–Kier alpha value is -1.60. The predicted molar refractivity (Wildman–Crippen MR) is 92.0 cm³/mol. The van der Waals surface area contributed by atoms with Crippen molar-refractivity contribution in [2.75, 3.05) is 0 Å². The van der Waals surface area contributed by atoms with Crippen molar-refractivity contribution in [3.8, 4) is 11.1 Å². The molecule has 0 aromatic heterocycles. The second-order valence-corrected chi connectivity index (χ2v) is 9.94. The first kappa shape index (κ1) is 22.7. The molecule has 0 atom stereocenters. The van der Waals surface area contributed by atoms with Gasteiger partial charge in [0.25, 0.3) is 30.4 Å². The van der Waals surface area contributed by atoms with E-state index in [1.807, 2.05) is 0 Å². The van der Waals surface area contributed by atoms with Crippen molar-refractivity contribution >= 4 is 42.4 Å². The Morgan fingerprint density at radius 2 is 1.21 bits per heavy atom. The number of hydrogen-bond donors (Lipinski definition) is 4. The highest BCUT2D eigenvalue weighted by Gasteiger charge is 2.24. The quantitative estimate of drug-likeness (QED) is 0.195. The first-order chi connectivity index (χ1) is 12.7. The van der Waals surface area contributed by atoms with Gasteiger partial charge in [-0.15, -0.1) is 4.33 Å². The molecule has 12 nitrogen and oxygen atoms in total. The van der Waals surface area contributed by atoms with Crippen LogP contribution in [0.15, 0.2) is 56.0 Å². The largest absolute Gasteiger partial charge is 0.295 e. The first-order valence-electron chi connectivity index (χ1n) is 6.61. The summed E-state index contributed by atoms with van der Waals surface area (Å²) in [4.78, 5) is -2.60. The Balaban J connectivity index is 2.83. The fourth-order valence-electron chi connectivity index (χ4n) is 2.11. The third-order valence-corrected chi connectivity index (χ3v) is 6.46. The summed E-state index contributed by atoms with van der Waals surface area (Å²) in [6.45, 7) is 0. The maximum atomic E-state index is 11.7. The molecule has 0 spiro atoms. The molecule has 0 aliphatic carbocycles. The van der Waals surface area contributed by atoms with E-state index in [9.17, 15) is 29.8 Å². The lowest BCUT2D eigenvalue weighted by atomic mass is 10.1. The van der Waals surface area contributed by atoms with Gasteiger partial charge in [-0.05, 0) is 29.8 Å². The maximum Gasteiger partial charge on any atom is 0.295 e. The molecule has 0 bridgehead atoms. The lowest BCUT2D eigenvalue weighted by molar-refractivity contribution is -0.432. The second-order valence-electron chi connectivity index (χ2n) is 4.97. The predicted octanol–water partition coefficient (Wildman–Crippen LogP) is 1.52. The summed E-state index contributed by atoms with van der Waals surface area (Å²) in [7, 11) is -14.5. The van der Waals surface area contributed by atoms with Crippen LogP contribution in [0.3, 0.4) is 0 Å². The Morgan fingerprint density at radius 1 is 0.714 bits per heavy atom. The van der Waals surface area contributed by atoms with Crippen LogP contribution in [0.25, 0.3) is 11.1 Å². The lowest BCUT2D eigenvalue weighted by Gasteiger charge is -2.13. The van der Waals surface area contributed by atoms with Crippen LogP contribution in [-0.2, 0) is 39.7 Å². The third kappa shape index (κ3) is 5.26. The van der Waals surface area contributed by atoms with E-state index in [1.54, 1.807) is 0 Å². The van der Waals surface area contributed by atoms with Crippen molar-refractivity contribution in [3.63, 3.8) is 0 Å². The van der Waals surface area contributed by atoms with Gasteiger partial charge >= 0.3 is 0 Å². The van der Waals surface area contributed by atoms with Gasteiger partial charge < -0.3 is 0 Å². The molecule has 2 aromatic carbocycles. The van der Waals surface area contributed by atoms with Crippen LogP contribution in [0.4, 0.5) is 0 Å². The molecular weight excluding hydrogens is 464 g/mol. The Labute approximate surface area is 163 Å². The van der Waals surface area contributed by atoms with Gasteiger partial charge in [-0.2, -0.15) is 25.3 Å². The van der Waals surface area contributed by atoms with E-state index in [2.05, 4.69) is 9.37 Å². The van der Waals surface area contributed by atoms with Crippen molar-refractivity contribution in [3.05, 3.63) is 36.4 Å². The number of hydrogen-bond acceptors (Lipinski definition) is 10. The van der Waals surface area contributed by atoms with E-state index < -0.39 is 45.0 Å². The molecule has 0 saturated heterocycles. The van der Waals surface area contributed by atoms with E-state index >= 15 is 0 Å². The van der Waals surface area contributed by atoms with E-state index in [-0.39, 0.29) is 28.1 Å². The molecule has 28 heavy (non-hydrogen) atoms. The summed E-state index contributed by atoms with van der Waals surface area (Å²) in [6.07, 6.45) is 0. The zero-order chi connectivity index (χ0) is 21.3. The van der Waals surface area contributed by atoms with Crippen molar-refractivity contribution in [2.45, 2.75) is 19.6 Å². The summed E-state index contributed by atoms with van der Waals surface area (Å²) >= 11 is 0.209. The van der Waals surface area contributed by atoms with Gasteiger partial charge in [0.2, 0.25) is 0 Å². The lowest BCUT2D eigenvalue weighted by Crippen LogP contribution is -2.06. The highest BCUT2D eigenvalue weighted by atomic mass is 32.2. The normalized spacial score (nSPS) is 12.9. The monoisotopic (exact) mass is 474 g/mol. The Morgan fingerprint density at radius 3 is 1.68 bits per heavy atom. The SMILES string of the molecule is O=S(=O)(O)c1ccc(-c2ccc(S(=O)(=O)O)cc2S(=O)(=O)O)c(SOOO)c1. The molecule has 154 valence electrons. The minimum absolute atomic E-state index is 0.121. The van der Waals surface area contributed by atoms with Crippen molar-refractivity contribution in [1.82, 2.24) is 0 Å². The van der Waals surface area contributed by atoms with E-state index in [0.717, 1.165) is 30.3 Å². The van der Waals surface area contributed by atoms with Gasteiger partial charge in [-0.1, -0.05) is 17.2 Å². The highest BCUT2D eigenvalue weighted by Crippen LogP contribution is 2.38. The van der Waals surface area contributed by atoms with Crippen molar-refractivity contribution < 1.29 is 53.5 Å². The molecule has 0 saturated carbocycles.